The number of fused-ring (bicyclic) bond motifs is 1. The molecule has 0 saturated heterocycles. The molecule has 1 N–H and O–H groups in total. The Balaban J connectivity index is 1.35. The van der Waals surface area contributed by atoms with Gasteiger partial charge >= 0.3 is 0 Å². The molecule has 0 spiro atoms. The molecular weight excluding hydrogens is 404 g/mol. The van der Waals surface area contributed by atoms with Gasteiger partial charge in [-0.15, -0.1) is 11.3 Å². The molecule has 2 unspecified atom stereocenters. The molecule has 4 heterocycles. The molecule has 0 amide bonds. The van der Waals surface area contributed by atoms with E-state index >= 15 is 0 Å². The Bertz CT molecular complexity index is 888. The summed E-state index contributed by atoms with van der Waals surface area (Å²) >= 11 is 7.75. The topological polar surface area (TPSA) is 48.5 Å². The van der Waals surface area contributed by atoms with Crippen molar-refractivity contribution >= 4 is 28.8 Å². The Hall–Kier alpha value is -1.41. The number of thiophene rings is 1. The van der Waals surface area contributed by atoms with Crippen LogP contribution < -0.4 is 5.32 Å². The SMILES string of the molecule is CCC(CC1=NN1CCC(NC)c1ccc(Cl)s1)n1c(C)nc2c1CCN(C)C2. The molecule has 29 heavy (non-hydrogen) atoms. The number of hydrazone groups is 1. The van der Waals surface area contributed by atoms with E-state index < -0.39 is 0 Å². The van der Waals surface area contributed by atoms with Crippen LogP contribution in [0.2, 0.25) is 4.34 Å². The summed E-state index contributed by atoms with van der Waals surface area (Å²) in [6.07, 6.45) is 4.19. The van der Waals surface area contributed by atoms with Crippen LogP contribution in [0.1, 0.15) is 60.4 Å². The monoisotopic (exact) mass is 434 g/mol. The molecule has 2 aromatic rings. The smallest absolute Gasteiger partial charge is 0.147 e. The molecule has 4 rings (SSSR count). The van der Waals surface area contributed by atoms with Crippen molar-refractivity contribution < 1.29 is 0 Å². The lowest BCUT2D eigenvalue weighted by atomic mass is 10.1. The van der Waals surface area contributed by atoms with Crippen molar-refractivity contribution in [3.05, 3.63) is 38.6 Å². The number of aromatic nitrogens is 2. The summed E-state index contributed by atoms with van der Waals surface area (Å²) in [4.78, 5) is 8.52. The number of hydrogen-bond acceptors (Lipinski definition) is 6. The molecule has 2 aromatic heterocycles. The van der Waals surface area contributed by atoms with E-state index in [2.05, 4.69) is 51.9 Å². The molecule has 0 aromatic carbocycles. The summed E-state index contributed by atoms with van der Waals surface area (Å²) in [5.41, 5.74) is 2.70. The second kappa shape index (κ2) is 8.76. The van der Waals surface area contributed by atoms with Gasteiger partial charge in [0.1, 0.15) is 11.7 Å². The third kappa shape index (κ3) is 4.53. The van der Waals surface area contributed by atoms with Crippen LogP contribution >= 0.6 is 22.9 Å². The van der Waals surface area contributed by atoms with Gasteiger partial charge in [-0.2, -0.15) is 5.10 Å². The number of hydrogen-bond donors (Lipinski definition) is 1. The molecule has 0 fully saturated rings. The van der Waals surface area contributed by atoms with Gasteiger partial charge in [-0.25, -0.2) is 9.99 Å². The van der Waals surface area contributed by atoms with Crippen LogP contribution in [0.25, 0.3) is 0 Å². The number of nitrogens with one attached hydrogen (secondary N) is 1. The van der Waals surface area contributed by atoms with E-state index in [0.717, 1.165) is 55.5 Å². The zero-order valence-electron chi connectivity index (χ0n) is 17.8. The Morgan fingerprint density at radius 1 is 1.34 bits per heavy atom. The Morgan fingerprint density at radius 2 is 2.17 bits per heavy atom. The van der Waals surface area contributed by atoms with Crippen LogP contribution in [0.4, 0.5) is 0 Å². The van der Waals surface area contributed by atoms with E-state index in [0.29, 0.717) is 12.1 Å². The van der Waals surface area contributed by atoms with Crippen molar-refractivity contribution in [3.8, 4) is 0 Å². The van der Waals surface area contributed by atoms with Crippen LogP contribution in [0.3, 0.4) is 0 Å². The van der Waals surface area contributed by atoms with E-state index in [1.165, 1.54) is 22.1 Å². The first-order chi connectivity index (χ1) is 14.0. The second-order valence-electron chi connectivity index (χ2n) is 8.09. The average Bonchev–Trinajstić information content (AvgIpc) is 3.15. The highest BCUT2D eigenvalue weighted by molar-refractivity contribution is 7.16. The maximum atomic E-state index is 6.10. The number of halogens is 1. The predicted molar refractivity (Wildman–Crippen MR) is 121 cm³/mol. The van der Waals surface area contributed by atoms with Crippen LogP contribution in [-0.4, -0.2) is 52.5 Å². The van der Waals surface area contributed by atoms with Crippen LogP contribution in [0.15, 0.2) is 17.2 Å². The van der Waals surface area contributed by atoms with E-state index in [4.69, 9.17) is 16.6 Å². The van der Waals surface area contributed by atoms with Crippen LogP contribution in [0.5, 0.6) is 0 Å². The lowest BCUT2D eigenvalue weighted by molar-refractivity contribution is 0.301. The maximum Gasteiger partial charge on any atom is 0.147 e. The first kappa shape index (κ1) is 20.8. The standard InChI is InChI=1S/C21H31ClN6S/c1-5-15(28-14(2)24-17-13-26(4)10-9-18(17)28)12-21-25-27(21)11-8-16(23-3)19-6-7-20(22)29-19/h6-7,15-16,23H,5,8-13H2,1-4H3. The predicted octanol–water partition coefficient (Wildman–Crippen LogP) is 4.22. The van der Waals surface area contributed by atoms with Crippen molar-refractivity contribution in [2.75, 3.05) is 27.2 Å². The molecular formula is C21H31ClN6S. The number of rotatable bonds is 9. The van der Waals surface area contributed by atoms with E-state index in [1.54, 1.807) is 11.3 Å². The van der Waals surface area contributed by atoms with Crippen molar-refractivity contribution in [2.24, 2.45) is 5.10 Å². The zero-order valence-corrected chi connectivity index (χ0v) is 19.4. The van der Waals surface area contributed by atoms with Gasteiger partial charge in [-0.3, -0.25) is 0 Å². The van der Waals surface area contributed by atoms with Gasteiger partial charge in [0, 0.05) is 55.1 Å². The maximum absolute atomic E-state index is 6.10. The van der Waals surface area contributed by atoms with E-state index in [1.807, 2.05) is 13.1 Å². The first-order valence-electron chi connectivity index (χ1n) is 10.5. The average molecular weight is 435 g/mol. The normalized spacial score (nSPS) is 18.5. The fraction of sp³-hybridized carbons (Fsp3) is 0.619. The molecule has 2 aliphatic heterocycles. The van der Waals surface area contributed by atoms with Gasteiger partial charge in [-0.1, -0.05) is 18.5 Å². The van der Waals surface area contributed by atoms with Crippen molar-refractivity contribution in [3.63, 3.8) is 0 Å². The molecule has 0 saturated carbocycles. The molecule has 158 valence electrons. The van der Waals surface area contributed by atoms with Crippen molar-refractivity contribution in [2.45, 2.75) is 58.2 Å². The molecule has 2 aliphatic rings. The fourth-order valence-electron chi connectivity index (χ4n) is 4.42. The van der Waals surface area contributed by atoms with Gasteiger partial charge in [0.05, 0.1) is 10.0 Å². The summed E-state index contributed by atoms with van der Waals surface area (Å²) in [7, 11) is 4.19. The fourth-order valence-corrected chi connectivity index (χ4v) is 5.63. The third-order valence-electron chi connectivity index (χ3n) is 6.08. The number of nitrogens with zero attached hydrogens (tertiary/aromatic N) is 5. The zero-order chi connectivity index (χ0) is 20.5. The number of likely N-dealkylation sites (N-methyl/N-ethyl adjacent to an activating group) is 1. The highest BCUT2D eigenvalue weighted by Crippen LogP contribution is 2.32. The minimum absolute atomic E-state index is 0.325. The third-order valence-corrected chi connectivity index (χ3v) is 7.43. The largest absolute Gasteiger partial charge is 0.328 e. The van der Waals surface area contributed by atoms with Gasteiger partial charge in [0.25, 0.3) is 0 Å². The quantitative estimate of drug-likeness (QED) is 0.642. The number of imidazole rings is 1. The highest BCUT2D eigenvalue weighted by Gasteiger charge is 2.31. The Morgan fingerprint density at radius 3 is 2.86 bits per heavy atom. The summed E-state index contributed by atoms with van der Waals surface area (Å²) < 4.78 is 3.34. The minimum atomic E-state index is 0.325. The van der Waals surface area contributed by atoms with Gasteiger partial charge in [0.2, 0.25) is 0 Å². The van der Waals surface area contributed by atoms with Crippen LogP contribution in [-0.2, 0) is 13.0 Å². The number of aryl methyl sites for hydroxylation is 1. The van der Waals surface area contributed by atoms with Crippen LogP contribution in [0, 0.1) is 6.92 Å². The van der Waals surface area contributed by atoms with E-state index in [-0.39, 0.29) is 0 Å². The summed E-state index contributed by atoms with van der Waals surface area (Å²) in [6, 6.07) is 4.86. The van der Waals surface area contributed by atoms with Gasteiger partial charge in [0.15, 0.2) is 0 Å². The molecule has 6 nitrogen and oxygen atoms in total. The van der Waals surface area contributed by atoms with Gasteiger partial charge in [-0.05, 0) is 46.0 Å². The minimum Gasteiger partial charge on any atom is -0.328 e. The summed E-state index contributed by atoms with van der Waals surface area (Å²) in [5.74, 6) is 2.38. The molecule has 0 radical (unpaired) electrons. The van der Waals surface area contributed by atoms with E-state index in [9.17, 15) is 0 Å². The molecule has 0 bridgehead atoms. The first-order valence-corrected chi connectivity index (χ1v) is 11.7. The van der Waals surface area contributed by atoms with Gasteiger partial charge < -0.3 is 14.8 Å². The molecule has 0 aliphatic carbocycles. The molecule has 8 heteroatoms. The Labute approximate surface area is 182 Å². The lowest BCUT2D eigenvalue weighted by Crippen LogP contribution is -2.28. The summed E-state index contributed by atoms with van der Waals surface area (Å²) in [6.45, 7) is 7.44. The van der Waals surface area contributed by atoms with Crippen molar-refractivity contribution in [1.29, 1.82) is 0 Å². The van der Waals surface area contributed by atoms with Crippen molar-refractivity contribution in [1.82, 2.24) is 24.8 Å². The second-order valence-corrected chi connectivity index (χ2v) is 9.83. The number of amidine groups is 1. The molecule has 2 atom stereocenters. The highest BCUT2D eigenvalue weighted by atomic mass is 35.5. The summed E-state index contributed by atoms with van der Waals surface area (Å²) in [5, 5.41) is 10.3. The Kier molecular flexibility index (Phi) is 6.30. The lowest BCUT2D eigenvalue weighted by Gasteiger charge is -2.26.